The van der Waals surface area contributed by atoms with Gasteiger partial charge in [0.05, 0.1) is 26.7 Å². The van der Waals surface area contributed by atoms with E-state index in [1.54, 1.807) is 0 Å². The SMILES string of the molecule is COC(=O)NC(=N)c1ccc(N2CCC(NCC(=O)C3CCC(C(=O)OC)CC3)CC2)cc1. The third kappa shape index (κ3) is 6.77. The van der Waals surface area contributed by atoms with Crippen LogP contribution in [0.2, 0.25) is 0 Å². The first-order valence-corrected chi connectivity index (χ1v) is 11.5. The standard InChI is InChI=1S/C24H34N4O5/c1-32-23(30)18-5-3-16(4-6-18)21(29)15-26-19-11-13-28(14-12-19)20-9-7-17(8-10-20)22(25)27-24(31)33-2/h7-10,16,18-19,26H,3-6,11-15H2,1-2H3,(H2,25,27,31). The molecule has 0 bridgehead atoms. The second-order valence-corrected chi connectivity index (χ2v) is 8.72. The van der Waals surface area contributed by atoms with Crippen LogP contribution in [-0.2, 0) is 19.1 Å². The molecule has 1 aromatic carbocycles. The van der Waals surface area contributed by atoms with Crippen LogP contribution in [0.1, 0.15) is 44.1 Å². The van der Waals surface area contributed by atoms with E-state index in [2.05, 4.69) is 20.3 Å². The highest BCUT2D eigenvalue weighted by Crippen LogP contribution is 2.30. The quantitative estimate of drug-likeness (QED) is 0.326. The molecule has 3 rings (SSSR count). The summed E-state index contributed by atoms with van der Waals surface area (Å²) in [6, 6.07) is 7.83. The molecule has 0 aromatic heterocycles. The number of piperidine rings is 1. The van der Waals surface area contributed by atoms with Gasteiger partial charge in [0, 0.05) is 36.3 Å². The third-order valence-corrected chi connectivity index (χ3v) is 6.71. The fraction of sp³-hybridized carbons (Fsp3) is 0.583. The molecule has 9 heteroatoms. The van der Waals surface area contributed by atoms with Gasteiger partial charge in [0.25, 0.3) is 0 Å². The van der Waals surface area contributed by atoms with Crippen LogP contribution >= 0.6 is 0 Å². The van der Waals surface area contributed by atoms with Crippen molar-refractivity contribution in [3.8, 4) is 0 Å². The Kier molecular flexibility index (Phi) is 8.82. The number of amides is 1. The molecular formula is C24H34N4O5. The van der Waals surface area contributed by atoms with Crippen molar-refractivity contribution in [2.75, 3.05) is 38.8 Å². The van der Waals surface area contributed by atoms with Crippen molar-refractivity contribution in [1.82, 2.24) is 10.6 Å². The lowest BCUT2D eigenvalue weighted by molar-refractivity contribution is -0.147. The number of hydrogen-bond donors (Lipinski definition) is 3. The van der Waals surface area contributed by atoms with Crippen LogP contribution in [0.25, 0.3) is 0 Å². The molecule has 1 heterocycles. The number of alkyl carbamates (subject to hydrolysis) is 1. The Bertz CT molecular complexity index is 841. The van der Waals surface area contributed by atoms with Gasteiger partial charge < -0.3 is 19.7 Å². The van der Waals surface area contributed by atoms with E-state index in [9.17, 15) is 14.4 Å². The van der Waals surface area contributed by atoms with Gasteiger partial charge in [-0.05, 0) is 62.8 Å². The predicted octanol–water partition coefficient (Wildman–Crippen LogP) is 2.47. The summed E-state index contributed by atoms with van der Waals surface area (Å²) in [5, 5.41) is 13.7. The van der Waals surface area contributed by atoms with Gasteiger partial charge >= 0.3 is 12.1 Å². The number of amidine groups is 1. The Morgan fingerprint density at radius 1 is 0.939 bits per heavy atom. The molecule has 1 aliphatic carbocycles. The maximum absolute atomic E-state index is 12.6. The molecule has 0 spiro atoms. The lowest BCUT2D eigenvalue weighted by Gasteiger charge is -2.34. The Morgan fingerprint density at radius 2 is 1.55 bits per heavy atom. The number of carbonyl (C=O) groups is 3. The van der Waals surface area contributed by atoms with E-state index in [0.29, 0.717) is 18.2 Å². The van der Waals surface area contributed by atoms with Crippen molar-refractivity contribution >= 4 is 29.4 Å². The van der Waals surface area contributed by atoms with Gasteiger partial charge in [-0.25, -0.2) is 4.79 Å². The van der Waals surface area contributed by atoms with Gasteiger partial charge in [0.15, 0.2) is 0 Å². The molecule has 2 fully saturated rings. The van der Waals surface area contributed by atoms with Crippen molar-refractivity contribution in [3.05, 3.63) is 29.8 Å². The Balaban J connectivity index is 1.38. The summed E-state index contributed by atoms with van der Waals surface area (Å²) in [5.74, 6) is 0.0835. The maximum Gasteiger partial charge on any atom is 0.412 e. The first-order chi connectivity index (χ1) is 15.9. The average molecular weight is 459 g/mol. The number of hydrogen-bond acceptors (Lipinski definition) is 8. The van der Waals surface area contributed by atoms with Crippen molar-refractivity contribution in [1.29, 1.82) is 5.41 Å². The highest BCUT2D eigenvalue weighted by atomic mass is 16.5. The molecule has 33 heavy (non-hydrogen) atoms. The molecule has 1 aliphatic heterocycles. The van der Waals surface area contributed by atoms with Crippen LogP contribution in [0.3, 0.4) is 0 Å². The highest BCUT2D eigenvalue weighted by Gasteiger charge is 2.30. The number of esters is 1. The number of ether oxygens (including phenoxy) is 2. The molecule has 0 unspecified atom stereocenters. The zero-order chi connectivity index (χ0) is 23.8. The van der Waals surface area contributed by atoms with E-state index < -0.39 is 6.09 Å². The van der Waals surface area contributed by atoms with Crippen molar-refractivity contribution in [2.45, 2.75) is 44.6 Å². The largest absolute Gasteiger partial charge is 0.469 e. The normalized spacial score (nSPS) is 21.2. The van der Waals surface area contributed by atoms with Gasteiger partial charge in [-0.3, -0.25) is 20.3 Å². The highest BCUT2D eigenvalue weighted by molar-refractivity contribution is 6.04. The second-order valence-electron chi connectivity index (χ2n) is 8.72. The van der Waals surface area contributed by atoms with Gasteiger partial charge in [-0.1, -0.05) is 0 Å². The van der Waals surface area contributed by atoms with Crippen molar-refractivity contribution in [3.63, 3.8) is 0 Å². The molecule has 1 aromatic rings. The summed E-state index contributed by atoms with van der Waals surface area (Å²) in [7, 11) is 2.68. The minimum Gasteiger partial charge on any atom is -0.469 e. The Morgan fingerprint density at radius 3 is 2.12 bits per heavy atom. The van der Waals surface area contributed by atoms with Crippen molar-refractivity contribution < 1.29 is 23.9 Å². The van der Waals surface area contributed by atoms with Gasteiger partial charge in [0.1, 0.15) is 11.6 Å². The van der Waals surface area contributed by atoms with Gasteiger partial charge in [0.2, 0.25) is 0 Å². The number of carbonyl (C=O) groups excluding carboxylic acids is 3. The predicted molar refractivity (Wildman–Crippen MR) is 125 cm³/mol. The summed E-state index contributed by atoms with van der Waals surface area (Å²) in [6.45, 7) is 2.16. The number of ketones is 1. The molecule has 9 nitrogen and oxygen atoms in total. The molecule has 0 radical (unpaired) electrons. The second kappa shape index (κ2) is 11.8. The van der Waals surface area contributed by atoms with Crippen LogP contribution in [0.5, 0.6) is 0 Å². The molecule has 2 aliphatic rings. The summed E-state index contributed by atoms with van der Waals surface area (Å²) < 4.78 is 9.33. The van der Waals surface area contributed by atoms with Crippen molar-refractivity contribution in [2.24, 2.45) is 11.8 Å². The van der Waals surface area contributed by atoms with Gasteiger partial charge in [-0.15, -0.1) is 0 Å². The molecule has 3 N–H and O–H groups in total. The number of anilines is 1. The number of rotatable bonds is 7. The minimum atomic E-state index is -0.661. The van der Waals surface area contributed by atoms with Gasteiger partial charge in [-0.2, -0.15) is 0 Å². The first kappa shape index (κ1) is 24.7. The van der Waals surface area contributed by atoms with E-state index in [-0.39, 0.29) is 29.4 Å². The van der Waals surface area contributed by atoms with Crippen LogP contribution < -0.4 is 15.5 Å². The summed E-state index contributed by atoms with van der Waals surface area (Å²) >= 11 is 0. The maximum atomic E-state index is 12.6. The van der Waals surface area contributed by atoms with E-state index in [1.165, 1.54) is 14.2 Å². The van der Waals surface area contributed by atoms with E-state index in [0.717, 1.165) is 57.3 Å². The molecule has 1 amide bonds. The third-order valence-electron chi connectivity index (χ3n) is 6.71. The minimum absolute atomic E-state index is 0.000224. The fourth-order valence-corrected chi connectivity index (χ4v) is 4.61. The number of Topliss-reactive ketones (excluding diaryl/α,β-unsaturated/α-hetero) is 1. The average Bonchev–Trinajstić information content (AvgIpc) is 2.87. The monoisotopic (exact) mass is 458 g/mol. The first-order valence-electron chi connectivity index (χ1n) is 11.5. The van der Waals surface area contributed by atoms with Crippen LogP contribution in [0.4, 0.5) is 10.5 Å². The van der Waals surface area contributed by atoms with Crippen LogP contribution in [-0.4, -0.2) is 63.6 Å². The zero-order valence-electron chi connectivity index (χ0n) is 19.4. The van der Waals surface area contributed by atoms with E-state index in [1.807, 2.05) is 24.3 Å². The van der Waals surface area contributed by atoms with Crippen LogP contribution in [0.15, 0.2) is 24.3 Å². The van der Waals surface area contributed by atoms with E-state index >= 15 is 0 Å². The molecule has 0 atom stereocenters. The number of benzene rings is 1. The zero-order valence-corrected chi connectivity index (χ0v) is 19.4. The summed E-state index contributed by atoms with van der Waals surface area (Å²) in [6.07, 6.45) is 4.24. The molecule has 1 saturated heterocycles. The molecule has 180 valence electrons. The topological polar surface area (TPSA) is 121 Å². The number of nitrogens with one attached hydrogen (secondary N) is 3. The number of nitrogens with zero attached hydrogens (tertiary/aromatic N) is 1. The Hall–Kier alpha value is -2.94. The smallest absolute Gasteiger partial charge is 0.412 e. The van der Waals surface area contributed by atoms with E-state index in [4.69, 9.17) is 10.1 Å². The lowest BCUT2D eigenvalue weighted by Crippen LogP contribution is -2.45. The number of methoxy groups -OCH3 is 2. The summed E-state index contributed by atoms with van der Waals surface area (Å²) in [5.41, 5.74) is 1.68. The van der Waals surface area contributed by atoms with Crippen LogP contribution in [0, 0.1) is 17.2 Å². The fourth-order valence-electron chi connectivity index (χ4n) is 4.61. The summed E-state index contributed by atoms with van der Waals surface area (Å²) in [4.78, 5) is 37.8. The molecular weight excluding hydrogens is 424 g/mol. The lowest BCUT2D eigenvalue weighted by atomic mass is 9.80. The molecule has 1 saturated carbocycles. The Labute approximate surface area is 194 Å².